The van der Waals surface area contributed by atoms with Crippen LogP contribution in [0.15, 0.2) is 34.9 Å². The molecule has 7 heteroatoms. The Balaban J connectivity index is 1.68. The average Bonchev–Trinajstić information content (AvgIpc) is 3.02. The number of ether oxygens (including phenoxy) is 1. The van der Waals surface area contributed by atoms with E-state index in [9.17, 15) is 8.42 Å². The summed E-state index contributed by atoms with van der Waals surface area (Å²) in [5, 5.41) is 3.73. The van der Waals surface area contributed by atoms with E-state index in [-0.39, 0.29) is 23.8 Å². The van der Waals surface area contributed by atoms with Crippen molar-refractivity contribution in [3.8, 4) is 5.75 Å². The van der Waals surface area contributed by atoms with Crippen LogP contribution in [0.5, 0.6) is 5.75 Å². The van der Waals surface area contributed by atoms with Crippen LogP contribution in [0.2, 0.25) is 0 Å². The molecular weight excluding hydrogens is 316 g/mol. The number of hydrogen-bond acceptors (Lipinski definition) is 5. The molecule has 23 heavy (non-hydrogen) atoms. The van der Waals surface area contributed by atoms with Gasteiger partial charge in [0.25, 0.3) is 0 Å². The van der Waals surface area contributed by atoms with Gasteiger partial charge in [-0.1, -0.05) is 30.3 Å². The highest BCUT2D eigenvalue weighted by Gasteiger charge is 2.36. The van der Waals surface area contributed by atoms with Crippen molar-refractivity contribution in [2.75, 3.05) is 0 Å². The molecule has 3 unspecified atom stereocenters. The van der Waals surface area contributed by atoms with Gasteiger partial charge in [-0.3, -0.25) is 0 Å². The number of aryl methyl sites for hydroxylation is 1. The summed E-state index contributed by atoms with van der Waals surface area (Å²) in [4.78, 5) is 0. The Hall–Kier alpha value is -1.86. The standard InChI is InChI=1S/C16H20N2O4S/c1-10-8-13(17-22-10)9-23(19,20)18-12(3)16-11(2)14-6-4-5-7-15(14)21-16/h4-8,11-12,16,18H,9H2,1-3H3. The molecule has 0 bridgehead atoms. The van der Waals surface area contributed by atoms with Gasteiger partial charge < -0.3 is 9.26 Å². The molecule has 1 aliphatic heterocycles. The maximum atomic E-state index is 12.3. The number of benzene rings is 1. The molecule has 1 aliphatic rings. The third-order valence-corrected chi connectivity index (χ3v) is 5.45. The molecule has 0 radical (unpaired) electrons. The number of nitrogens with zero attached hydrogens (tertiary/aromatic N) is 1. The molecular formula is C16H20N2O4S. The topological polar surface area (TPSA) is 81.4 Å². The van der Waals surface area contributed by atoms with E-state index >= 15 is 0 Å². The van der Waals surface area contributed by atoms with E-state index in [0.29, 0.717) is 11.5 Å². The molecule has 0 fully saturated rings. The van der Waals surface area contributed by atoms with Gasteiger partial charge in [0.05, 0.1) is 6.04 Å². The van der Waals surface area contributed by atoms with E-state index in [1.165, 1.54) is 0 Å². The average molecular weight is 336 g/mol. The normalized spacial score (nSPS) is 21.7. The largest absolute Gasteiger partial charge is 0.488 e. The van der Waals surface area contributed by atoms with Gasteiger partial charge >= 0.3 is 0 Å². The van der Waals surface area contributed by atoms with Crippen molar-refractivity contribution in [3.05, 3.63) is 47.3 Å². The third kappa shape index (κ3) is 3.40. The Bertz CT molecular complexity index is 800. The fraction of sp³-hybridized carbons (Fsp3) is 0.438. The molecule has 6 nitrogen and oxygen atoms in total. The zero-order chi connectivity index (χ0) is 16.6. The maximum absolute atomic E-state index is 12.3. The minimum absolute atomic E-state index is 0.123. The van der Waals surface area contributed by atoms with Crippen LogP contribution in [0.25, 0.3) is 0 Å². The first-order chi connectivity index (χ1) is 10.9. The zero-order valence-corrected chi connectivity index (χ0v) is 14.1. The molecule has 3 atom stereocenters. The van der Waals surface area contributed by atoms with Crippen molar-refractivity contribution >= 4 is 10.0 Å². The lowest BCUT2D eigenvalue weighted by molar-refractivity contribution is 0.177. The van der Waals surface area contributed by atoms with Gasteiger partial charge in [-0.05, 0) is 19.9 Å². The first kappa shape index (κ1) is 16.0. The quantitative estimate of drug-likeness (QED) is 0.906. The number of aromatic nitrogens is 1. The second-order valence-corrected chi connectivity index (χ2v) is 7.76. The highest BCUT2D eigenvalue weighted by atomic mass is 32.2. The number of fused-ring (bicyclic) bond motifs is 1. The van der Waals surface area contributed by atoms with Gasteiger partial charge in [0.2, 0.25) is 10.0 Å². The first-order valence-electron chi connectivity index (χ1n) is 7.53. The van der Waals surface area contributed by atoms with E-state index in [1.54, 1.807) is 13.0 Å². The van der Waals surface area contributed by atoms with Crippen LogP contribution in [-0.4, -0.2) is 25.7 Å². The summed E-state index contributed by atoms with van der Waals surface area (Å²) in [6, 6.07) is 9.06. The SMILES string of the molecule is Cc1cc(CS(=O)(=O)NC(C)C2Oc3ccccc3C2C)no1. The van der Waals surface area contributed by atoms with Crippen LogP contribution in [0.1, 0.15) is 36.8 Å². The van der Waals surface area contributed by atoms with E-state index in [4.69, 9.17) is 9.26 Å². The molecule has 0 saturated heterocycles. The monoisotopic (exact) mass is 336 g/mol. The third-order valence-electron chi connectivity index (χ3n) is 4.04. The van der Waals surface area contributed by atoms with Crippen LogP contribution >= 0.6 is 0 Å². The lowest BCUT2D eigenvalue weighted by Crippen LogP contribution is -2.44. The Morgan fingerprint density at radius 2 is 2.09 bits per heavy atom. The smallest absolute Gasteiger partial charge is 0.217 e. The maximum Gasteiger partial charge on any atom is 0.217 e. The molecule has 2 aromatic rings. The summed E-state index contributed by atoms with van der Waals surface area (Å²) in [6.07, 6.45) is -0.235. The lowest BCUT2D eigenvalue weighted by Gasteiger charge is -2.23. The molecule has 0 amide bonds. The lowest BCUT2D eigenvalue weighted by atomic mass is 9.94. The molecule has 1 aromatic carbocycles. The van der Waals surface area contributed by atoms with E-state index in [2.05, 4.69) is 9.88 Å². The Kier molecular flexibility index (Phi) is 4.16. The summed E-state index contributed by atoms with van der Waals surface area (Å²) in [7, 11) is -3.52. The van der Waals surface area contributed by atoms with Crippen molar-refractivity contribution in [3.63, 3.8) is 0 Å². The van der Waals surface area contributed by atoms with Gasteiger partial charge in [0.1, 0.15) is 29.1 Å². The molecule has 0 spiro atoms. The Labute approximate surface area is 135 Å². The number of hydrogen-bond donors (Lipinski definition) is 1. The second kappa shape index (κ2) is 5.98. The number of para-hydroxylation sites is 1. The summed E-state index contributed by atoms with van der Waals surface area (Å²) in [5.41, 5.74) is 1.50. The van der Waals surface area contributed by atoms with Crippen molar-refractivity contribution in [2.24, 2.45) is 0 Å². The molecule has 0 aliphatic carbocycles. The van der Waals surface area contributed by atoms with E-state index in [1.807, 2.05) is 38.1 Å². The fourth-order valence-electron chi connectivity index (χ4n) is 3.00. The van der Waals surface area contributed by atoms with Crippen molar-refractivity contribution in [1.29, 1.82) is 0 Å². The molecule has 124 valence electrons. The predicted octanol–water partition coefficient (Wildman–Crippen LogP) is 2.36. The minimum atomic E-state index is -3.52. The Morgan fingerprint density at radius 1 is 1.35 bits per heavy atom. The summed E-state index contributed by atoms with van der Waals surface area (Å²) >= 11 is 0. The summed E-state index contributed by atoms with van der Waals surface area (Å²) in [6.45, 7) is 5.59. The van der Waals surface area contributed by atoms with Crippen LogP contribution in [-0.2, 0) is 15.8 Å². The fourth-order valence-corrected chi connectivity index (χ4v) is 4.31. The highest BCUT2D eigenvalue weighted by Crippen LogP contribution is 2.38. The first-order valence-corrected chi connectivity index (χ1v) is 9.19. The highest BCUT2D eigenvalue weighted by molar-refractivity contribution is 7.88. The van der Waals surface area contributed by atoms with Gasteiger partial charge in [-0.2, -0.15) is 0 Å². The molecule has 1 N–H and O–H groups in total. The van der Waals surface area contributed by atoms with E-state index in [0.717, 1.165) is 11.3 Å². The van der Waals surface area contributed by atoms with Crippen molar-refractivity contribution in [1.82, 2.24) is 9.88 Å². The number of sulfonamides is 1. The van der Waals surface area contributed by atoms with Gasteiger partial charge in [-0.25, -0.2) is 13.1 Å². The molecule has 1 aromatic heterocycles. The summed E-state index contributed by atoms with van der Waals surface area (Å²) < 4.78 is 38.1. The molecule has 0 saturated carbocycles. The van der Waals surface area contributed by atoms with Crippen LogP contribution < -0.4 is 9.46 Å². The van der Waals surface area contributed by atoms with Crippen LogP contribution in [0, 0.1) is 6.92 Å². The summed E-state index contributed by atoms with van der Waals surface area (Å²) in [5.74, 6) is 1.33. The molecule has 3 rings (SSSR count). The van der Waals surface area contributed by atoms with Gasteiger partial charge in [-0.15, -0.1) is 0 Å². The minimum Gasteiger partial charge on any atom is -0.488 e. The number of rotatable bonds is 5. The number of nitrogens with one attached hydrogen (secondary N) is 1. The second-order valence-electron chi connectivity index (χ2n) is 6.00. The van der Waals surface area contributed by atoms with E-state index < -0.39 is 10.0 Å². The van der Waals surface area contributed by atoms with Crippen LogP contribution in [0.3, 0.4) is 0 Å². The molecule has 2 heterocycles. The van der Waals surface area contributed by atoms with Gasteiger partial charge in [0, 0.05) is 17.5 Å². The van der Waals surface area contributed by atoms with Crippen LogP contribution in [0.4, 0.5) is 0 Å². The van der Waals surface area contributed by atoms with Gasteiger partial charge in [0.15, 0.2) is 0 Å². The zero-order valence-electron chi connectivity index (χ0n) is 13.3. The predicted molar refractivity (Wildman–Crippen MR) is 85.7 cm³/mol. The van der Waals surface area contributed by atoms with Crippen molar-refractivity contribution < 1.29 is 17.7 Å². The Morgan fingerprint density at radius 3 is 2.74 bits per heavy atom. The van der Waals surface area contributed by atoms with Crippen molar-refractivity contribution in [2.45, 2.75) is 44.6 Å².